The fourth-order valence-electron chi connectivity index (χ4n) is 5.54. The van der Waals surface area contributed by atoms with Crippen LogP contribution in [0, 0.1) is 0 Å². The van der Waals surface area contributed by atoms with Gasteiger partial charge in [-0.15, -0.1) is 0 Å². The summed E-state index contributed by atoms with van der Waals surface area (Å²) in [6, 6.07) is -1.00. The second kappa shape index (κ2) is 29.0. The first-order chi connectivity index (χ1) is 25.7. The molecule has 0 spiro atoms. The van der Waals surface area contributed by atoms with Crippen LogP contribution in [0.25, 0.3) is 0 Å². The van der Waals surface area contributed by atoms with E-state index < -0.39 is 53.1 Å². The van der Waals surface area contributed by atoms with E-state index in [4.69, 9.17) is 24.1 Å². The van der Waals surface area contributed by atoms with Gasteiger partial charge in [-0.05, 0) is 74.7 Å². The fraction of sp³-hybridized carbons (Fsp3) is 0.854. The van der Waals surface area contributed by atoms with Crippen LogP contribution in [0.2, 0.25) is 0 Å². The van der Waals surface area contributed by atoms with Gasteiger partial charge >= 0.3 is 17.9 Å². The Morgan fingerprint density at radius 3 is 1.53 bits per heavy atom. The molecule has 0 aromatic heterocycles. The van der Waals surface area contributed by atoms with Crippen LogP contribution < -0.4 is 16.0 Å². The molecule has 14 nitrogen and oxygen atoms in total. The summed E-state index contributed by atoms with van der Waals surface area (Å²) >= 11 is 0. The number of nitrogens with one attached hydrogen (secondary N) is 3. The van der Waals surface area contributed by atoms with E-state index in [1.807, 2.05) is 20.8 Å². The van der Waals surface area contributed by atoms with Gasteiger partial charge in [-0.2, -0.15) is 0 Å². The van der Waals surface area contributed by atoms with Crippen LogP contribution in [0.15, 0.2) is 0 Å². The summed E-state index contributed by atoms with van der Waals surface area (Å²) in [6.45, 7) is 14.2. The lowest BCUT2D eigenvalue weighted by Gasteiger charge is -2.26. The maximum Gasteiger partial charge on any atom is 0.329 e. The Morgan fingerprint density at radius 1 is 0.564 bits per heavy atom. The second-order valence-corrected chi connectivity index (χ2v) is 16.7. The Balaban J connectivity index is 4.29. The number of hydrogen-bond donors (Lipinski definition) is 4. The van der Waals surface area contributed by atoms with E-state index in [2.05, 4.69) is 16.0 Å². The summed E-state index contributed by atoms with van der Waals surface area (Å²) in [4.78, 5) is 73.4. The van der Waals surface area contributed by atoms with Crippen LogP contribution in [-0.4, -0.2) is 96.5 Å². The van der Waals surface area contributed by atoms with E-state index in [0.29, 0.717) is 12.8 Å². The third-order valence-corrected chi connectivity index (χ3v) is 8.29. The van der Waals surface area contributed by atoms with Crippen molar-refractivity contribution in [2.75, 3.05) is 33.0 Å². The van der Waals surface area contributed by atoms with Crippen molar-refractivity contribution in [2.45, 2.75) is 194 Å². The first kappa shape index (κ1) is 51.7. The number of unbranched alkanes of at least 4 members (excludes halogenated alkanes) is 13. The molecule has 3 amide bonds. The number of esters is 2. The Morgan fingerprint density at radius 2 is 1.04 bits per heavy atom. The maximum absolute atomic E-state index is 12.9. The highest BCUT2D eigenvalue weighted by molar-refractivity contribution is 5.91. The predicted molar refractivity (Wildman–Crippen MR) is 211 cm³/mol. The predicted octanol–water partition coefficient (Wildman–Crippen LogP) is 6.31. The lowest BCUT2D eigenvalue weighted by molar-refractivity contribution is -0.159. The smallest absolute Gasteiger partial charge is 0.329 e. The molecule has 0 heterocycles. The molecule has 0 bridgehead atoms. The van der Waals surface area contributed by atoms with Gasteiger partial charge in [0.05, 0.1) is 19.8 Å². The third-order valence-electron chi connectivity index (χ3n) is 8.29. The topological polar surface area (TPSA) is 196 Å². The van der Waals surface area contributed by atoms with E-state index in [-0.39, 0.29) is 57.5 Å². The lowest BCUT2D eigenvalue weighted by atomic mass is 10.0. The molecular weight excluding hydrogens is 710 g/mol. The van der Waals surface area contributed by atoms with E-state index >= 15 is 0 Å². The van der Waals surface area contributed by atoms with Crippen LogP contribution in [0.5, 0.6) is 0 Å². The number of carbonyl (C=O) groups excluding carboxylic acids is 5. The number of hydrogen-bond acceptors (Lipinski definition) is 10. The van der Waals surface area contributed by atoms with Crippen LogP contribution >= 0.6 is 0 Å². The molecule has 0 aliphatic carbocycles. The van der Waals surface area contributed by atoms with E-state index in [1.165, 1.54) is 44.9 Å². The van der Waals surface area contributed by atoms with Gasteiger partial charge < -0.3 is 40.0 Å². The Bertz CT molecular complexity index is 1130. The van der Waals surface area contributed by atoms with Crippen molar-refractivity contribution in [3.8, 4) is 0 Å². The highest BCUT2D eigenvalue weighted by atomic mass is 16.6. The van der Waals surface area contributed by atoms with E-state index in [1.54, 1.807) is 34.6 Å². The normalized spacial score (nSPS) is 12.4. The lowest BCUT2D eigenvalue weighted by Crippen LogP contribution is -2.55. The molecular formula is C41H75N3O11. The number of amides is 3. The zero-order valence-electron chi connectivity index (χ0n) is 35.4. The molecule has 1 unspecified atom stereocenters. The largest absolute Gasteiger partial charge is 0.480 e. The van der Waals surface area contributed by atoms with Gasteiger partial charge in [-0.3, -0.25) is 19.2 Å². The minimum absolute atomic E-state index is 0.0117. The van der Waals surface area contributed by atoms with Crippen molar-refractivity contribution in [1.29, 1.82) is 0 Å². The standard InChI is InChI=1S/C41H75N3O11/c1-39(2,3)54-36(49)24-22-20-18-16-14-12-10-9-11-13-15-17-19-21-23-33(45)43-32(37(50)55-40(4,5)6)25-26-34(46)44-41(7,8)38(51)42-27-28-52-29-30-53-31-35(47)48/h32H,9-31H2,1-8H3,(H,42,51)(H,43,45)(H,44,46)(H,47,48). The number of ether oxygens (including phenoxy) is 4. The van der Waals surface area contributed by atoms with Crippen molar-refractivity contribution >= 4 is 35.6 Å². The molecule has 55 heavy (non-hydrogen) atoms. The van der Waals surface area contributed by atoms with Crippen molar-refractivity contribution in [1.82, 2.24) is 16.0 Å². The number of carboxylic acid groups (broad SMARTS) is 1. The Labute approximate surface area is 330 Å². The summed E-state index contributed by atoms with van der Waals surface area (Å²) in [6.07, 6.45) is 16.2. The number of carboxylic acids is 1. The molecule has 14 heteroatoms. The molecule has 0 saturated heterocycles. The number of carbonyl (C=O) groups is 6. The minimum atomic E-state index is -1.25. The zero-order valence-corrected chi connectivity index (χ0v) is 35.4. The molecule has 0 rings (SSSR count). The highest BCUT2D eigenvalue weighted by Gasteiger charge is 2.31. The summed E-state index contributed by atoms with van der Waals surface area (Å²) in [5, 5.41) is 16.7. The zero-order chi connectivity index (χ0) is 41.8. The quantitative estimate of drug-likeness (QED) is 0.0441. The fourth-order valence-corrected chi connectivity index (χ4v) is 5.54. The van der Waals surface area contributed by atoms with Crippen LogP contribution in [0.1, 0.15) is 171 Å². The van der Waals surface area contributed by atoms with Crippen molar-refractivity contribution < 1.29 is 52.8 Å². The van der Waals surface area contributed by atoms with Gasteiger partial charge in [0, 0.05) is 25.8 Å². The average molecular weight is 786 g/mol. The number of rotatable bonds is 32. The molecule has 0 aromatic rings. The summed E-state index contributed by atoms with van der Waals surface area (Å²) in [7, 11) is 0. The van der Waals surface area contributed by atoms with E-state index in [9.17, 15) is 28.8 Å². The number of aliphatic carboxylic acids is 1. The minimum Gasteiger partial charge on any atom is -0.480 e. The first-order valence-electron chi connectivity index (χ1n) is 20.4. The van der Waals surface area contributed by atoms with Gasteiger partial charge in [0.15, 0.2) is 0 Å². The molecule has 0 aliphatic heterocycles. The molecule has 4 N–H and O–H groups in total. The summed E-state index contributed by atoms with van der Waals surface area (Å²) in [5.74, 6) is -2.95. The molecule has 320 valence electrons. The summed E-state index contributed by atoms with van der Waals surface area (Å²) in [5.41, 5.74) is -2.43. The third kappa shape index (κ3) is 32.7. The Hall–Kier alpha value is -3.26. The summed E-state index contributed by atoms with van der Waals surface area (Å²) < 4.78 is 21.0. The highest BCUT2D eigenvalue weighted by Crippen LogP contribution is 2.16. The molecule has 1 atom stereocenters. The molecule has 0 saturated carbocycles. The first-order valence-corrected chi connectivity index (χ1v) is 20.4. The van der Waals surface area contributed by atoms with Gasteiger partial charge in [0.1, 0.15) is 29.4 Å². The van der Waals surface area contributed by atoms with Gasteiger partial charge in [0.2, 0.25) is 17.7 Å². The molecule has 0 radical (unpaired) electrons. The van der Waals surface area contributed by atoms with Crippen molar-refractivity contribution in [3.63, 3.8) is 0 Å². The maximum atomic E-state index is 12.9. The Kier molecular flexibility index (Phi) is 27.3. The van der Waals surface area contributed by atoms with Gasteiger partial charge in [-0.1, -0.05) is 77.0 Å². The van der Waals surface area contributed by atoms with Gasteiger partial charge in [0.25, 0.3) is 0 Å². The van der Waals surface area contributed by atoms with Crippen molar-refractivity contribution in [2.24, 2.45) is 0 Å². The molecule has 0 fully saturated rings. The van der Waals surface area contributed by atoms with Gasteiger partial charge in [-0.25, -0.2) is 9.59 Å². The average Bonchev–Trinajstić information content (AvgIpc) is 3.05. The monoisotopic (exact) mass is 786 g/mol. The van der Waals surface area contributed by atoms with Crippen LogP contribution in [0.3, 0.4) is 0 Å². The molecule has 0 aliphatic rings. The van der Waals surface area contributed by atoms with Crippen LogP contribution in [0.4, 0.5) is 0 Å². The van der Waals surface area contributed by atoms with Crippen LogP contribution in [-0.2, 0) is 47.7 Å². The van der Waals surface area contributed by atoms with Crippen molar-refractivity contribution in [3.05, 3.63) is 0 Å². The second-order valence-electron chi connectivity index (χ2n) is 16.7. The SMILES string of the molecule is CC(C)(C)OC(=O)CCCCCCCCCCCCCCCCC(=O)NC(CCC(=O)NC(C)(C)C(=O)NCCOCCOCC(=O)O)C(=O)OC(C)(C)C. The van der Waals surface area contributed by atoms with E-state index in [0.717, 1.165) is 38.5 Å². The molecule has 0 aromatic carbocycles.